The van der Waals surface area contributed by atoms with E-state index in [1.165, 1.54) is 0 Å². The number of carbonyl (C=O) groups is 1. The highest BCUT2D eigenvalue weighted by Crippen LogP contribution is 2.25. The average molecular weight is 328 g/mol. The molecule has 1 N–H and O–H groups in total. The number of nitrogens with one attached hydrogen (secondary N) is 1. The fourth-order valence-corrected chi connectivity index (χ4v) is 2.26. The standard InChI is InChI=1S/C19H24N2O3/c1-3-21(14-16-10-6-5-7-11-16)19(22)20-15-24-18-13-9-8-12-17(18)23-4-2/h5-13H,3-4,14-15H2,1-2H3,(H,20,22). The van der Waals surface area contributed by atoms with Crippen molar-refractivity contribution in [2.45, 2.75) is 20.4 Å². The topological polar surface area (TPSA) is 50.8 Å². The Balaban J connectivity index is 1.85. The van der Waals surface area contributed by atoms with Crippen molar-refractivity contribution in [2.24, 2.45) is 0 Å². The quantitative estimate of drug-likeness (QED) is 0.753. The summed E-state index contributed by atoms with van der Waals surface area (Å²) in [6.07, 6.45) is 0. The lowest BCUT2D eigenvalue weighted by atomic mass is 10.2. The molecule has 2 rings (SSSR count). The highest BCUT2D eigenvalue weighted by molar-refractivity contribution is 5.74. The average Bonchev–Trinajstić information content (AvgIpc) is 2.62. The van der Waals surface area contributed by atoms with Gasteiger partial charge < -0.3 is 19.7 Å². The smallest absolute Gasteiger partial charge is 0.320 e. The van der Waals surface area contributed by atoms with Crippen molar-refractivity contribution in [3.63, 3.8) is 0 Å². The number of urea groups is 1. The Morgan fingerprint density at radius 1 is 0.958 bits per heavy atom. The molecule has 0 radical (unpaired) electrons. The molecule has 24 heavy (non-hydrogen) atoms. The van der Waals surface area contributed by atoms with Crippen LogP contribution in [0.15, 0.2) is 54.6 Å². The van der Waals surface area contributed by atoms with Gasteiger partial charge in [-0.15, -0.1) is 0 Å². The molecule has 0 aliphatic rings. The fraction of sp³-hybridized carbons (Fsp3) is 0.316. The minimum absolute atomic E-state index is 0.0915. The second-order valence-electron chi connectivity index (χ2n) is 5.15. The van der Waals surface area contributed by atoms with E-state index in [-0.39, 0.29) is 12.8 Å². The van der Waals surface area contributed by atoms with Crippen LogP contribution < -0.4 is 14.8 Å². The van der Waals surface area contributed by atoms with E-state index in [4.69, 9.17) is 9.47 Å². The van der Waals surface area contributed by atoms with Gasteiger partial charge in [-0.05, 0) is 31.5 Å². The number of para-hydroxylation sites is 2. The number of benzene rings is 2. The summed E-state index contributed by atoms with van der Waals surface area (Å²) in [5, 5.41) is 2.78. The number of hydrogen-bond donors (Lipinski definition) is 1. The van der Waals surface area contributed by atoms with E-state index in [1.807, 2.05) is 68.4 Å². The first kappa shape index (κ1) is 17.7. The van der Waals surface area contributed by atoms with Gasteiger partial charge in [0, 0.05) is 13.1 Å². The first-order valence-corrected chi connectivity index (χ1v) is 8.16. The molecule has 0 fully saturated rings. The van der Waals surface area contributed by atoms with E-state index in [2.05, 4.69) is 5.32 Å². The van der Waals surface area contributed by atoms with Crippen LogP contribution in [0.25, 0.3) is 0 Å². The molecule has 5 heteroatoms. The molecule has 5 nitrogen and oxygen atoms in total. The van der Waals surface area contributed by atoms with E-state index in [0.717, 1.165) is 5.56 Å². The summed E-state index contributed by atoms with van der Waals surface area (Å²) in [6.45, 7) is 5.71. The lowest BCUT2D eigenvalue weighted by molar-refractivity contribution is 0.183. The van der Waals surface area contributed by atoms with E-state index in [0.29, 0.717) is 31.2 Å². The Morgan fingerprint density at radius 3 is 2.21 bits per heavy atom. The van der Waals surface area contributed by atoms with Crippen molar-refractivity contribution < 1.29 is 14.3 Å². The van der Waals surface area contributed by atoms with Gasteiger partial charge in [-0.1, -0.05) is 42.5 Å². The van der Waals surface area contributed by atoms with Crippen LogP contribution in [0.2, 0.25) is 0 Å². The Hall–Kier alpha value is -2.69. The maximum absolute atomic E-state index is 12.3. The van der Waals surface area contributed by atoms with E-state index in [9.17, 15) is 4.79 Å². The fourth-order valence-electron chi connectivity index (χ4n) is 2.26. The van der Waals surface area contributed by atoms with Crippen molar-refractivity contribution >= 4 is 6.03 Å². The summed E-state index contributed by atoms with van der Waals surface area (Å²) >= 11 is 0. The third kappa shape index (κ3) is 5.19. The third-order valence-electron chi connectivity index (χ3n) is 3.49. The number of carbonyl (C=O) groups excluding carboxylic acids is 1. The summed E-state index contributed by atoms with van der Waals surface area (Å²) < 4.78 is 11.1. The third-order valence-corrected chi connectivity index (χ3v) is 3.49. The number of amides is 2. The Morgan fingerprint density at radius 2 is 1.58 bits per heavy atom. The number of nitrogens with zero attached hydrogens (tertiary/aromatic N) is 1. The maximum Gasteiger partial charge on any atom is 0.320 e. The zero-order chi connectivity index (χ0) is 17.2. The number of hydrogen-bond acceptors (Lipinski definition) is 3. The zero-order valence-electron chi connectivity index (χ0n) is 14.2. The molecule has 0 spiro atoms. The van der Waals surface area contributed by atoms with E-state index in [1.54, 1.807) is 4.90 Å². The molecule has 0 saturated heterocycles. The molecular formula is C19H24N2O3. The van der Waals surface area contributed by atoms with Gasteiger partial charge >= 0.3 is 6.03 Å². The molecule has 0 atom stereocenters. The lowest BCUT2D eigenvalue weighted by Crippen LogP contribution is -2.41. The molecule has 0 aliphatic heterocycles. The molecule has 2 amide bonds. The van der Waals surface area contributed by atoms with E-state index < -0.39 is 0 Å². The van der Waals surface area contributed by atoms with Crippen LogP contribution in [0.3, 0.4) is 0 Å². The van der Waals surface area contributed by atoms with Gasteiger partial charge in [-0.2, -0.15) is 0 Å². The van der Waals surface area contributed by atoms with Crippen molar-refractivity contribution in [3.05, 3.63) is 60.2 Å². The van der Waals surface area contributed by atoms with Crippen LogP contribution in [0, 0.1) is 0 Å². The van der Waals surface area contributed by atoms with Crippen LogP contribution in [0.1, 0.15) is 19.4 Å². The largest absolute Gasteiger partial charge is 0.490 e. The lowest BCUT2D eigenvalue weighted by Gasteiger charge is -2.21. The van der Waals surface area contributed by atoms with Gasteiger partial charge in [0.05, 0.1) is 6.61 Å². The molecular weight excluding hydrogens is 304 g/mol. The van der Waals surface area contributed by atoms with Crippen LogP contribution in [0.4, 0.5) is 4.79 Å². The molecule has 0 unspecified atom stereocenters. The first-order valence-electron chi connectivity index (χ1n) is 8.16. The molecule has 0 aliphatic carbocycles. The minimum atomic E-state index is -0.157. The minimum Gasteiger partial charge on any atom is -0.490 e. The molecule has 0 saturated carbocycles. The second-order valence-corrected chi connectivity index (χ2v) is 5.15. The van der Waals surface area contributed by atoms with Gasteiger partial charge in [0.1, 0.15) is 0 Å². The van der Waals surface area contributed by atoms with Crippen molar-refractivity contribution in [3.8, 4) is 11.5 Å². The molecule has 0 heterocycles. The Kier molecular flexibility index (Phi) is 6.95. The second kappa shape index (κ2) is 9.45. The highest BCUT2D eigenvalue weighted by Gasteiger charge is 2.12. The molecule has 2 aromatic rings. The van der Waals surface area contributed by atoms with Crippen LogP contribution in [-0.2, 0) is 6.54 Å². The van der Waals surface area contributed by atoms with Crippen molar-refractivity contribution in [1.29, 1.82) is 0 Å². The molecule has 0 aromatic heterocycles. The van der Waals surface area contributed by atoms with Crippen molar-refractivity contribution in [2.75, 3.05) is 19.9 Å². The molecule has 128 valence electrons. The summed E-state index contributed by atoms with van der Waals surface area (Å²) in [5.41, 5.74) is 1.09. The van der Waals surface area contributed by atoms with Crippen molar-refractivity contribution in [1.82, 2.24) is 10.2 Å². The van der Waals surface area contributed by atoms with Crippen LogP contribution >= 0.6 is 0 Å². The van der Waals surface area contributed by atoms with Gasteiger partial charge in [0.25, 0.3) is 0 Å². The number of rotatable bonds is 8. The Labute approximate surface area is 143 Å². The summed E-state index contributed by atoms with van der Waals surface area (Å²) in [4.78, 5) is 14.0. The summed E-state index contributed by atoms with van der Waals surface area (Å²) in [6, 6.07) is 17.2. The number of ether oxygens (including phenoxy) is 2. The van der Waals surface area contributed by atoms with Gasteiger partial charge in [0.2, 0.25) is 0 Å². The van der Waals surface area contributed by atoms with Gasteiger partial charge in [0.15, 0.2) is 18.2 Å². The molecule has 2 aromatic carbocycles. The van der Waals surface area contributed by atoms with Crippen LogP contribution in [0.5, 0.6) is 11.5 Å². The van der Waals surface area contributed by atoms with E-state index >= 15 is 0 Å². The SMILES string of the molecule is CCOc1ccccc1OCNC(=O)N(CC)Cc1ccccc1. The molecule has 0 bridgehead atoms. The zero-order valence-corrected chi connectivity index (χ0v) is 14.2. The van der Waals surface area contributed by atoms with Gasteiger partial charge in [-0.3, -0.25) is 0 Å². The summed E-state index contributed by atoms with van der Waals surface area (Å²) in [5.74, 6) is 1.29. The predicted octanol–water partition coefficient (Wildman–Crippen LogP) is 3.65. The normalized spacial score (nSPS) is 10.1. The Bertz CT molecular complexity index is 632. The van der Waals surface area contributed by atoms with Crippen LogP contribution in [-0.4, -0.2) is 30.8 Å². The first-order chi connectivity index (χ1) is 11.7. The highest BCUT2D eigenvalue weighted by atomic mass is 16.5. The summed E-state index contributed by atoms with van der Waals surface area (Å²) in [7, 11) is 0. The maximum atomic E-state index is 12.3. The van der Waals surface area contributed by atoms with Gasteiger partial charge in [-0.25, -0.2) is 4.79 Å². The monoisotopic (exact) mass is 328 g/mol. The predicted molar refractivity (Wildman–Crippen MR) is 94.2 cm³/mol.